The quantitative estimate of drug-likeness (QED) is 0.729. The Morgan fingerprint density at radius 3 is 2.39 bits per heavy atom. The summed E-state index contributed by atoms with van der Waals surface area (Å²) in [6, 6.07) is 4.65. The van der Waals surface area contributed by atoms with Gasteiger partial charge >= 0.3 is 0 Å². The summed E-state index contributed by atoms with van der Waals surface area (Å²) in [5, 5.41) is 0.904. The SMILES string of the molecule is CC(C)S(=O)(=O)C(C)C(=O)Nc1nc2ccc(S(=O)(=O)N3CCCC3)cc2s1. The van der Waals surface area contributed by atoms with Crippen molar-refractivity contribution < 1.29 is 21.6 Å². The van der Waals surface area contributed by atoms with Crippen LogP contribution in [0, 0.1) is 0 Å². The minimum Gasteiger partial charge on any atom is -0.301 e. The predicted octanol–water partition coefficient (Wildman–Crippen LogP) is 2.23. The number of fused-ring (bicyclic) bond motifs is 1. The smallest absolute Gasteiger partial charge is 0.244 e. The second kappa shape index (κ2) is 7.69. The van der Waals surface area contributed by atoms with Gasteiger partial charge in [0, 0.05) is 13.1 Å². The lowest BCUT2D eigenvalue weighted by Crippen LogP contribution is -2.36. The predicted molar refractivity (Wildman–Crippen MR) is 110 cm³/mol. The lowest BCUT2D eigenvalue weighted by Gasteiger charge is -2.15. The Bertz CT molecular complexity index is 1100. The molecule has 2 aromatic rings. The molecular formula is C17H23N3O5S3. The van der Waals surface area contributed by atoms with Crippen LogP contribution in [0.1, 0.15) is 33.6 Å². The molecule has 1 saturated heterocycles. The maximum Gasteiger partial charge on any atom is 0.244 e. The summed E-state index contributed by atoms with van der Waals surface area (Å²) in [5.74, 6) is -0.655. The van der Waals surface area contributed by atoms with Gasteiger partial charge in [0.2, 0.25) is 15.9 Å². The molecule has 1 N–H and O–H groups in total. The largest absolute Gasteiger partial charge is 0.301 e. The van der Waals surface area contributed by atoms with Crippen molar-refractivity contribution in [3.63, 3.8) is 0 Å². The van der Waals surface area contributed by atoms with Crippen LogP contribution in [-0.4, -0.2) is 55.6 Å². The Hall–Kier alpha value is -1.56. The Kier molecular flexibility index (Phi) is 5.81. The van der Waals surface area contributed by atoms with Crippen molar-refractivity contribution in [1.82, 2.24) is 9.29 Å². The molecule has 0 saturated carbocycles. The summed E-state index contributed by atoms with van der Waals surface area (Å²) in [6.45, 7) is 5.44. The summed E-state index contributed by atoms with van der Waals surface area (Å²) < 4.78 is 51.8. The fourth-order valence-electron chi connectivity index (χ4n) is 2.96. The number of carbonyl (C=O) groups excluding carboxylic acids is 1. The number of sulfonamides is 1. The molecule has 2 heterocycles. The van der Waals surface area contributed by atoms with E-state index < -0.39 is 36.3 Å². The number of sulfone groups is 1. The normalized spacial score (nSPS) is 17.3. The van der Waals surface area contributed by atoms with E-state index in [1.807, 2.05) is 0 Å². The van der Waals surface area contributed by atoms with Crippen LogP contribution in [0.15, 0.2) is 23.1 Å². The molecule has 1 fully saturated rings. The van der Waals surface area contributed by atoms with Crippen molar-refractivity contribution in [2.45, 2.75) is 49.0 Å². The third-order valence-corrected chi connectivity index (χ3v) is 10.2. The number of hydrogen-bond donors (Lipinski definition) is 1. The summed E-state index contributed by atoms with van der Waals surface area (Å²) >= 11 is 1.11. The number of nitrogens with one attached hydrogen (secondary N) is 1. The second-order valence-corrected chi connectivity index (χ2v) is 12.8. The molecule has 1 unspecified atom stereocenters. The third kappa shape index (κ3) is 3.93. The third-order valence-electron chi connectivity index (χ3n) is 4.81. The van der Waals surface area contributed by atoms with E-state index in [2.05, 4.69) is 10.3 Å². The molecule has 0 bridgehead atoms. The Morgan fingerprint density at radius 1 is 1.14 bits per heavy atom. The molecule has 1 aliphatic rings. The number of amides is 1. The molecule has 1 amide bonds. The van der Waals surface area contributed by atoms with Crippen molar-refractivity contribution >= 4 is 52.5 Å². The fraction of sp³-hybridized carbons (Fsp3) is 0.529. The zero-order chi connectivity index (χ0) is 20.7. The summed E-state index contributed by atoms with van der Waals surface area (Å²) in [6.07, 6.45) is 1.71. The highest BCUT2D eigenvalue weighted by Gasteiger charge is 2.31. The van der Waals surface area contributed by atoms with Crippen molar-refractivity contribution in [1.29, 1.82) is 0 Å². The van der Waals surface area contributed by atoms with Crippen molar-refractivity contribution in [2.24, 2.45) is 0 Å². The van der Waals surface area contributed by atoms with E-state index in [0.29, 0.717) is 23.3 Å². The van der Waals surface area contributed by atoms with Gasteiger partial charge < -0.3 is 5.32 Å². The van der Waals surface area contributed by atoms with Gasteiger partial charge in [0.1, 0.15) is 5.25 Å². The molecule has 28 heavy (non-hydrogen) atoms. The van der Waals surface area contributed by atoms with Crippen molar-refractivity contribution in [3.05, 3.63) is 18.2 Å². The number of thiazole rings is 1. The Labute approximate surface area is 168 Å². The molecule has 8 nitrogen and oxygen atoms in total. The number of rotatable bonds is 6. The van der Waals surface area contributed by atoms with Crippen LogP contribution in [0.4, 0.5) is 5.13 Å². The zero-order valence-corrected chi connectivity index (χ0v) is 18.3. The van der Waals surface area contributed by atoms with E-state index in [9.17, 15) is 21.6 Å². The van der Waals surface area contributed by atoms with Gasteiger partial charge in [-0.25, -0.2) is 21.8 Å². The van der Waals surface area contributed by atoms with Crippen molar-refractivity contribution in [2.75, 3.05) is 18.4 Å². The minimum atomic E-state index is -3.58. The van der Waals surface area contributed by atoms with Crippen LogP contribution in [0.5, 0.6) is 0 Å². The Morgan fingerprint density at radius 2 is 1.79 bits per heavy atom. The van der Waals surface area contributed by atoms with E-state index in [0.717, 1.165) is 24.2 Å². The Balaban J connectivity index is 1.84. The maximum absolute atomic E-state index is 12.7. The van der Waals surface area contributed by atoms with Crippen molar-refractivity contribution in [3.8, 4) is 0 Å². The first-order chi connectivity index (χ1) is 13.0. The molecule has 1 atom stereocenters. The summed E-state index contributed by atoms with van der Waals surface area (Å²) in [4.78, 5) is 16.8. The average Bonchev–Trinajstić information content (AvgIpc) is 3.29. The van der Waals surface area contributed by atoms with Gasteiger partial charge in [-0.05, 0) is 51.8 Å². The molecule has 1 aromatic heterocycles. The molecule has 0 radical (unpaired) electrons. The molecule has 0 aliphatic carbocycles. The van der Waals surface area contributed by atoms with E-state index >= 15 is 0 Å². The summed E-state index contributed by atoms with van der Waals surface area (Å²) in [7, 11) is -7.12. The first-order valence-electron chi connectivity index (χ1n) is 8.98. The fourth-order valence-corrected chi connectivity index (χ4v) is 6.66. The van der Waals surface area contributed by atoms with Gasteiger partial charge in [-0.3, -0.25) is 4.79 Å². The van der Waals surface area contributed by atoms with Gasteiger partial charge in [-0.2, -0.15) is 4.31 Å². The lowest BCUT2D eigenvalue weighted by atomic mass is 10.3. The van der Waals surface area contributed by atoms with Gasteiger partial charge in [0.15, 0.2) is 15.0 Å². The van der Waals surface area contributed by atoms with Gasteiger partial charge in [-0.1, -0.05) is 11.3 Å². The molecule has 1 aliphatic heterocycles. The van der Waals surface area contributed by atoms with E-state index in [-0.39, 0.29) is 10.0 Å². The number of aromatic nitrogens is 1. The monoisotopic (exact) mass is 445 g/mol. The topological polar surface area (TPSA) is 114 Å². The number of hydrogen-bond acceptors (Lipinski definition) is 7. The highest BCUT2D eigenvalue weighted by atomic mass is 32.2. The van der Waals surface area contributed by atoms with Gasteiger partial charge in [-0.15, -0.1) is 0 Å². The molecule has 154 valence electrons. The van der Waals surface area contributed by atoms with Crippen LogP contribution in [-0.2, 0) is 24.7 Å². The van der Waals surface area contributed by atoms with E-state index in [1.165, 1.54) is 31.1 Å². The van der Waals surface area contributed by atoms with E-state index in [1.54, 1.807) is 12.1 Å². The molecule has 1 aromatic carbocycles. The van der Waals surface area contributed by atoms with Crippen LogP contribution < -0.4 is 5.32 Å². The minimum absolute atomic E-state index is 0.194. The van der Waals surface area contributed by atoms with Crippen LogP contribution >= 0.6 is 11.3 Å². The average molecular weight is 446 g/mol. The zero-order valence-electron chi connectivity index (χ0n) is 15.9. The molecule has 3 rings (SSSR count). The number of carbonyl (C=O) groups is 1. The van der Waals surface area contributed by atoms with E-state index in [4.69, 9.17) is 0 Å². The number of nitrogens with zero attached hydrogens (tertiary/aromatic N) is 2. The van der Waals surface area contributed by atoms with Crippen LogP contribution in [0.25, 0.3) is 10.2 Å². The molecular weight excluding hydrogens is 422 g/mol. The van der Waals surface area contributed by atoms with Crippen LogP contribution in [0.3, 0.4) is 0 Å². The number of anilines is 1. The highest BCUT2D eigenvalue weighted by molar-refractivity contribution is 7.93. The number of benzene rings is 1. The van der Waals surface area contributed by atoms with Gasteiger partial charge in [0.05, 0.1) is 20.4 Å². The lowest BCUT2D eigenvalue weighted by molar-refractivity contribution is -0.115. The summed E-state index contributed by atoms with van der Waals surface area (Å²) in [5.41, 5.74) is 0.542. The first kappa shape index (κ1) is 21.2. The molecule has 0 spiro atoms. The first-order valence-corrected chi connectivity index (χ1v) is 12.8. The van der Waals surface area contributed by atoms with Crippen LogP contribution in [0.2, 0.25) is 0 Å². The van der Waals surface area contributed by atoms with Gasteiger partial charge in [0.25, 0.3) is 0 Å². The second-order valence-electron chi connectivity index (χ2n) is 7.03. The maximum atomic E-state index is 12.7. The standard InChI is InChI=1S/C17H23N3O5S3/c1-11(2)27(22,23)12(3)16(21)19-17-18-14-7-6-13(10-15(14)26-17)28(24,25)20-8-4-5-9-20/h6-7,10-12H,4-5,8-9H2,1-3H3,(H,18,19,21). The molecule has 11 heteroatoms. The highest BCUT2D eigenvalue weighted by Crippen LogP contribution is 2.30.